The van der Waals surface area contributed by atoms with Gasteiger partial charge in [0.1, 0.15) is 0 Å². The number of hydrogen-bond donors (Lipinski definition) is 1. The third-order valence-electron chi connectivity index (χ3n) is 1.60. The van der Waals surface area contributed by atoms with Gasteiger partial charge >= 0.3 is 0 Å². The van der Waals surface area contributed by atoms with Gasteiger partial charge in [0, 0.05) is 11.4 Å². The average molecular weight is 273 g/mol. The highest BCUT2D eigenvalue weighted by atomic mass is 79.9. The molecule has 1 aromatic rings. The first-order chi connectivity index (χ1) is 6.63. The fraction of sp³-hybridized carbons (Fsp3) is 0.333. The number of nitrogens with one attached hydrogen (secondary N) is 1. The molecule has 0 spiro atoms. The van der Waals surface area contributed by atoms with E-state index in [1.165, 1.54) is 11.3 Å². The molecular formula is C9H9BrN2OS. The molecule has 1 heterocycles. The monoisotopic (exact) mass is 272 g/mol. The number of halogens is 1. The zero-order valence-electron chi connectivity index (χ0n) is 7.58. The normalized spacial score (nSPS) is 11.8. The van der Waals surface area contributed by atoms with Crippen molar-refractivity contribution in [2.45, 2.75) is 19.4 Å². The Bertz CT molecular complexity index is 369. The highest BCUT2D eigenvalue weighted by Gasteiger charge is 2.10. The van der Waals surface area contributed by atoms with Crippen molar-refractivity contribution in [2.24, 2.45) is 0 Å². The van der Waals surface area contributed by atoms with Crippen LogP contribution in [-0.4, -0.2) is 11.9 Å². The van der Waals surface area contributed by atoms with Crippen LogP contribution in [0.15, 0.2) is 15.2 Å². The fourth-order valence-corrected chi connectivity index (χ4v) is 2.06. The Hall–Kier alpha value is -0.860. The van der Waals surface area contributed by atoms with E-state index in [0.717, 1.165) is 3.79 Å². The predicted molar refractivity (Wildman–Crippen MR) is 59.2 cm³/mol. The summed E-state index contributed by atoms with van der Waals surface area (Å²) in [5, 5.41) is 12.9. The van der Waals surface area contributed by atoms with E-state index in [1.807, 2.05) is 13.0 Å². The predicted octanol–water partition coefficient (Wildman–Crippen LogP) is 2.54. The first-order valence-electron chi connectivity index (χ1n) is 4.05. The number of amides is 1. The van der Waals surface area contributed by atoms with Crippen LogP contribution in [0.2, 0.25) is 0 Å². The van der Waals surface area contributed by atoms with Gasteiger partial charge in [0.05, 0.1) is 21.8 Å². The number of thiophene rings is 1. The number of hydrogen-bond acceptors (Lipinski definition) is 3. The van der Waals surface area contributed by atoms with Crippen LogP contribution >= 0.6 is 27.3 Å². The molecule has 0 aromatic carbocycles. The maximum atomic E-state index is 11.5. The van der Waals surface area contributed by atoms with Crippen LogP contribution in [0.1, 0.15) is 23.7 Å². The second-order valence-electron chi connectivity index (χ2n) is 2.88. The molecule has 0 aliphatic carbocycles. The fourth-order valence-electron chi connectivity index (χ4n) is 0.924. The number of nitriles is 1. The molecule has 0 saturated carbocycles. The molecule has 1 atom stereocenters. The molecule has 0 aliphatic heterocycles. The summed E-state index contributed by atoms with van der Waals surface area (Å²) in [5.74, 6) is -0.130. The Balaban J connectivity index is 2.55. The van der Waals surface area contributed by atoms with Gasteiger partial charge in [-0.25, -0.2) is 0 Å². The molecule has 0 bridgehead atoms. The summed E-state index contributed by atoms with van der Waals surface area (Å²) in [6.07, 6.45) is 0.330. The van der Waals surface area contributed by atoms with Gasteiger partial charge in [-0.1, -0.05) is 0 Å². The van der Waals surface area contributed by atoms with Gasteiger partial charge < -0.3 is 5.32 Å². The van der Waals surface area contributed by atoms with E-state index in [4.69, 9.17) is 5.26 Å². The summed E-state index contributed by atoms with van der Waals surface area (Å²) in [6, 6.07) is 3.67. The van der Waals surface area contributed by atoms with Gasteiger partial charge in [-0.3, -0.25) is 4.79 Å². The topological polar surface area (TPSA) is 52.9 Å². The largest absolute Gasteiger partial charge is 0.349 e. The zero-order valence-corrected chi connectivity index (χ0v) is 9.98. The molecule has 0 radical (unpaired) electrons. The Kier molecular flexibility index (Phi) is 4.11. The minimum absolute atomic E-state index is 0.105. The molecule has 14 heavy (non-hydrogen) atoms. The van der Waals surface area contributed by atoms with Crippen LogP contribution in [0.5, 0.6) is 0 Å². The molecule has 74 valence electrons. The summed E-state index contributed by atoms with van der Waals surface area (Å²) < 4.78 is 0.926. The number of nitrogens with zero attached hydrogens (tertiary/aromatic N) is 1. The van der Waals surface area contributed by atoms with E-state index in [1.54, 1.807) is 11.4 Å². The number of carbonyl (C=O) groups is 1. The molecule has 0 saturated heterocycles. The summed E-state index contributed by atoms with van der Waals surface area (Å²) in [7, 11) is 0. The van der Waals surface area contributed by atoms with E-state index in [2.05, 4.69) is 21.2 Å². The lowest BCUT2D eigenvalue weighted by atomic mass is 10.2. The summed E-state index contributed by atoms with van der Waals surface area (Å²) in [4.78, 5) is 11.5. The summed E-state index contributed by atoms with van der Waals surface area (Å²) >= 11 is 4.75. The van der Waals surface area contributed by atoms with Gasteiger partial charge in [-0.2, -0.15) is 5.26 Å². The molecule has 3 nitrogen and oxygen atoms in total. The van der Waals surface area contributed by atoms with Crippen molar-refractivity contribution in [3.8, 4) is 6.07 Å². The van der Waals surface area contributed by atoms with Crippen LogP contribution < -0.4 is 5.32 Å². The van der Waals surface area contributed by atoms with Gasteiger partial charge in [0.2, 0.25) is 0 Å². The minimum atomic E-state index is -0.130. The molecule has 1 aromatic heterocycles. The lowest BCUT2D eigenvalue weighted by Crippen LogP contribution is -2.31. The third kappa shape index (κ3) is 3.13. The minimum Gasteiger partial charge on any atom is -0.349 e. The van der Waals surface area contributed by atoms with E-state index < -0.39 is 0 Å². The number of carbonyl (C=O) groups excluding carboxylic acids is 1. The standard InChI is InChI=1S/C9H9BrN2OS/c1-6(2-3-11)12-9(13)7-4-8(10)14-5-7/h4-6H,2H2,1H3,(H,12,13). The highest BCUT2D eigenvalue weighted by Crippen LogP contribution is 2.20. The molecule has 1 N–H and O–H groups in total. The first-order valence-corrected chi connectivity index (χ1v) is 5.72. The SMILES string of the molecule is CC(CC#N)NC(=O)c1csc(Br)c1. The smallest absolute Gasteiger partial charge is 0.252 e. The quantitative estimate of drug-likeness (QED) is 0.920. The van der Waals surface area contributed by atoms with Crippen molar-refractivity contribution in [3.05, 3.63) is 20.8 Å². The van der Waals surface area contributed by atoms with Crippen molar-refractivity contribution < 1.29 is 4.79 Å². The van der Waals surface area contributed by atoms with Crippen LogP contribution in [0.3, 0.4) is 0 Å². The average Bonchev–Trinajstić information content (AvgIpc) is 2.52. The van der Waals surface area contributed by atoms with Gasteiger partial charge in [-0.15, -0.1) is 11.3 Å². The van der Waals surface area contributed by atoms with Crippen LogP contribution in [0.4, 0.5) is 0 Å². The maximum Gasteiger partial charge on any atom is 0.252 e. The molecule has 1 rings (SSSR count). The van der Waals surface area contributed by atoms with Gasteiger partial charge in [0.15, 0.2) is 0 Å². The van der Waals surface area contributed by atoms with Gasteiger partial charge in [0.25, 0.3) is 5.91 Å². The van der Waals surface area contributed by atoms with Crippen LogP contribution in [0, 0.1) is 11.3 Å². The number of rotatable bonds is 3. The van der Waals surface area contributed by atoms with E-state index in [0.29, 0.717) is 12.0 Å². The van der Waals surface area contributed by atoms with Crippen LogP contribution in [0.25, 0.3) is 0 Å². The Morgan fingerprint density at radius 3 is 3.07 bits per heavy atom. The lowest BCUT2D eigenvalue weighted by Gasteiger charge is -2.08. The molecule has 5 heteroatoms. The zero-order chi connectivity index (χ0) is 10.6. The van der Waals surface area contributed by atoms with Crippen LogP contribution in [-0.2, 0) is 0 Å². The molecule has 0 fully saturated rings. The second kappa shape index (κ2) is 5.13. The van der Waals surface area contributed by atoms with Crippen molar-refractivity contribution in [1.29, 1.82) is 5.26 Å². The lowest BCUT2D eigenvalue weighted by molar-refractivity contribution is 0.0941. The Morgan fingerprint density at radius 2 is 2.57 bits per heavy atom. The van der Waals surface area contributed by atoms with Crippen molar-refractivity contribution in [3.63, 3.8) is 0 Å². The molecule has 1 unspecified atom stereocenters. The van der Waals surface area contributed by atoms with Crippen molar-refractivity contribution >= 4 is 33.2 Å². The van der Waals surface area contributed by atoms with E-state index in [9.17, 15) is 4.79 Å². The van der Waals surface area contributed by atoms with E-state index >= 15 is 0 Å². The van der Waals surface area contributed by atoms with Crippen molar-refractivity contribution in [1.82, 2.24) is 5.32 Å². The second-order valence-corrected chi connectivity index (χ2v) is 5.17. The summed E-state index contributed by atoms with van der Waals surface area (Å²) in [5.41, 5.74) is 0.631. The third-order valence-corrected chi connectivity index (χ3v) is 3.11. The van der Waals surface area contributed by atoms with Crippen molar-refractivity contribution in [2.75, 3.05) is 0 Å². The molecule has 0 aliphatic rings. The maximum absolute atomic E-state index is 11.5. The Morgan fingerprint density at radius 1 is 1.86 bits per heavy atom. The first kappa shape index (κ1) is 11.2. The highest BCUT2D eigenvalue weighted by molar-refractivity contribution is 9.11. The Labute approximate surface area is 94.9 Å². The summed E-state index contributed by atoms with van der Waals surface area (Å²) in [6.45, 7) is 1.81. The molecule has 1 amide bonds. The van der Waals surface area contributed by atoms with E-state index in [-0.39, 0.29) is 11.9 Å². The molecular weight excluding hydrogens is 264 g/mol. The van der Waals surface area contributed by atoms with Gasteiger partial charge in [-0.05, 0) is 28.9 Å².